The third kappa shape index (κ3) is 3.95. The molecule has 0 aliphatic heterocycles. The lowest BCUT2D eigenvalue weighted by Gasteiger charge is -2.35. The van der Waals surface area contributed by atoms with Gasteiger partial charge in [0.1, 0.15) is 12.1 Å². The Bertz CT molecular complexity index is 374. The van der Waals surface area contributed by atoms with Crippen LogP contribution in [0.3, 0.4) is 0 Å². The van der Waals surface area contributed by atoms with Crippen LogP contribution in [0.4, 0.5) is 5.82 Å². The van der Waals surface area contributed by atoms with Crippen molar-refractivity contribution in [3.63, 3.8) is 0 Å². The van der Waals surface area contributed by atoms with Crippen molar-refractivity contribution in [1.29, 1.82) is 0 Å². The van der Waals surface area contributed by atoms with Crippen molar-refractivity contribution >= 4 is 5.82 Å². The highest BCUT2D eigenvalue weighted by molar-refractivity contribution is 5.36. The largest absolute Gasteiger partial charge is 0.368 e. The molecule has 1 aromatic heterocycles. The SMILES string of the molecule is CCN(C)C(C)(C)CNc1cc(C(C)C)ncn1. The van der Waals surface area contributed by atoms with Gasteiger partial charge in [0.2, 0.25) is 0 Å². The zero-order chi connectivity index (χ0) is 13.8. The van der Waals surface area contributed by atoms with E-state index in [4.69, 9.17) is 0 Å². The second-order valence-corrected chi connectivity index (χ2v) is 5.66. The van der Waals surface area contributed by atoms with Gasteiger partial charge in [0, 0.05) is 23.8 Å². The molecule has 0 fully saturated rings. The molecule has 1 N–H and O–H groups in total. The second-order valence-electron chi connectivity index (χ2n) is 5.66. The highest BCUT2D eigenvalue weighted by Gasteiger charge is 2.21. The molecule has 0 aromatic carbocycles. The van der Waals surface area contributed by atoms with E-state index in [9.17, 15) is 0 Å². The lowest BCUT2D eigenvalue weighted by molar-refractivity contribution is 0.178. The van der Waals surface area contributed by atoms with Crippen LogP contribution in [-0.2, 0) is 0 Å². The minimum absolute atomic E-state index is 0.109. The van der Waals surface area contributed by atoms with Gasteiger partial charge in [-0.05, 0) is 33.4 Å². The van der Waals surface area contributed by atoms with E-state index in [0.717, 1.165) is 24.6 Å². The van der Waals surface area contributed by atoms with Gasteiger partial charge >= 0.3 is 0 Å². The van der Waals surface area contributed by atoms with E-state index in [1.54, 1.807) is 6.33 Å². The van der Waals surface area contributed by atoms with Crippen LogP contribution in [0.5, 0.6) is 0 Å². The molecule has 102 valence electrons. The van der Waals surface area contributed by atoms with Gasteiger partial charge in [0.25, 0.3) is 0 Å². The fourth-order valence-corrected chi connectivity index (χ4v) is 1.65. The zero-order valence-corrected chi connectivity index (χ0v) is 12.5. The quantitative estimate of drug-likeness (QED) is 0.843. The van der Waals surface area contributed by atoms with E-state index in [1.807, 2.05) is 6.07 Å². The molecule has 0 aliphatic rings. The normalized spacial score (nSPS) is 12.2. The Morgan fingerprint density at radius 2 is 2.00 bits per heavy atom. The summed E-state index contributed by atoms with van der Waals surface area (Å²) >= 11 is 0. The number of aromatic nitrogens is 2. The lowest BCUT2D eigenvalue weighted by Crippen LogP contribution is -2.46. The standard InChI is InChI=1S/C14H26N4/c1-7-18(6)14(4,5)9-15-13-8-12(11(2)3)16-10-17-13/h8,10-11H,7,9H2,1-6H3,(H,15,16,17). The summed E-state index contributed by atoms with van der Waals surface area (Å²) < 4.78 is 0. The Hall–Kier alpha value is -1.16. The molecular weight excluding hydrogens is 224 g/mol. The molecular formula is C14H26N4. The van der Waals surface area contributed by atoms with E-state index in [2.05, 4.69) is 61.9 Å². The van der Waals surface area contributed by atoms with Gasteiger partial charge in [0.15, 0.2) is 0 Å². The maximum absolute atomic E-state index is 4.27. The molecule has 0 radical (unpaired) electrons. The molecule has 4 nitrogen and oxygen atoms in total. The van der Waals surface area contributed by atoms with Crippen LogP contribution >= 0.6 is 0 Å². The van der Waals surface area contributed by atoms with Crippen LogP contribution in [-0.4, -0.2) is 40.5 Å². The van der Waals surface area contributed by atoms with Gasteiger partial charge in [-0.25, -0.2) is 9.97 Å². The van der Waals surface area contributed by atoms with Gasteiger partial charge in [-0.15, -0.1) is 0 Å². The van der Waals surface area contributed by atoms with E-state index in [0.29, 0.717) is 5.92 Å². The third-order valence-corrected chi connectivity index (χ3v) is 3.49. The Morgan fingerprint density at radius 3 is 2.56 bits per heavy atom. The van der Waals surface area contributed by atoms with Gasteiger partial charge in [0.05, 0.1) is 0 Å². The van der Waals surface area contributed by atoms with Crippen molar-refractivity contribution in [2.45, 2.75) is 46.1 Å². The summed E-state index contributed by atoms with van der Waals surface area (Å²) in [6.45, 7) is 12.8. The molecule has 1 aromatic rings. The second kappa shape index (κ2) is 6.14. The topological polar surface area (TPSA) is 41.0 Å². The highest BCUT2D eigenvalue weighted by atomic mass is 15.2. The van der Waals surface area contributed by atoms with E-state index >= 15 is 0 Å². The first kappa shape index (κ1) is 14.9. The van der Waals surface area contributed by atoms with E-state index in [-0.39, 0.29) is 5.54 Å². The predicted molar refractivity (Wildman–Crippen MR) is 77.0 cm³/mol. The first-order valence-electron chi connectivity index (χ1n) is 6.64. The molecule has 0 amide bonds. The first-order valence-corrected chi connectivity index (χ1v) is 6.64. The Labute approximate surface area is 111 Å². The summed E-state index contributed by atoms with van der Waals surface area (Å²) in [5.41, 5.74) is 1.19. The van der Waals surface area contributed by atoms with Crippen LogP contribution in [0.2, 0.25) is 0 Å². The molecule has 4 heteroatoms. The van der Waals surface area contributed by atoms with Crippen molar-refractivity contribution < 1.29 is 0 Å². The Morgan fingerprint density at radius 1 is 1.33 bits per heavy atom. The van der Waals surface area contributed by atoms with Crippen LogP contribution in [0, 0.1) is 0 Å². The fraction of sp³-hybridized carbons (Fsp3) is 0.714. The van der Waals surface area contributed by atoms with Gasteiger partial charge in [-0.1, -0.05) is 20.8 Å². The maximum Gasteiger partial charge on any atom is 0.129 e. The molecule has 0 saturated heterocycles. The predicted octanol–water partition coefficient (Wildman–Crippen LogP) is 2.74. The summed E-state index contributed by atoms with van der Waals surface area (Å²) in [5.74, 6) is 1.34. The van der Waals surface area contributed by atoms with E-state index < -0.39 is 0 Å². The fourth-order valence-electron chi connectivity index (χ4n) is 1.65. The van der Waals surface area contributed by atoms with Crippen LogP contribution < -0.4 is 5.32 Å². The van der Waals surface area contributed by atoms with Gasteiger partial charge in [-0.2, -0.15) is 0 Å². The molecule has 0 aliphatic carbocycles. The van der Waals surface area contributed by atoms with E-state index in [1.165, 1.54) is 0 Å². The van der Waals surface area contributed by atoms with Crippen molar-refractivity contribution in [2.75, 3.05) is 25.5 Å². The van der Waals surface area contributed by atoms with Crippen molar-refractivity contribution in [3.8, 4) is 0 Å². The number of hydrogen-bond acceptors (Lipinski definition) is 4. The average Bonchev–Trinajstić information content (AvgIpc) is 2.35. The minimum atomic E-state index is 0.109. The van der Waals surface area contributed by atoms with Crippen LogP contribution in [0.1, 0.15) is 46.2 Å². The van der Waals surface area contributed by atoms with Crippen LogP contribution in [0.15, 0.2) is 12.4 Å². The molecule has 18 heavy (non-hydrogen) atoms. The van der Waals surface area contributed by atoms with Crippen molar-refractivity contribution in [3.05, 3.63) is 18.1 Å². The summed E-state index contributed by atoms with van der Waals surface area (Å²) in [6, 6.07) is 2.03. The number of rotatable bonds is 6. The number of nitrogens with zero attached hydrogens (tertiary/aromatic N) is 3. The Kier molecular flexibility index (Phi) is 5.08. The van der Waals surface area contributed by atoms with Crippen molar-refractivity contribution in [1.82, 2.24) is 14.9 Å². The molecule has 0 saturated carbocycles. The summed E-state index contributed by atoms with van der Waals surface area (Å²) in [7, 11) is 2.14. The van der Waals surface area contributed by atoms with Gasteiger partial charge < -0.3 is 5.32 Å². The number of likely N-dealkylation sites (N-methyl/N-ethyl adjacent to an activating group) is 1. The average molecular weight is 250 g/mol. The zero-order valence-electron chi connectivity index (χ0n) is 12.5. The molecule has 0 atom stereocenters. The summed E-state index contributed by atoms with van der Waals surface area (Å²) in [5, 5.41) is 3.40. The molecule has 1 heterocycles. The molecule has 0 unspecified atom stereocenters. The number of anilines is 1. The first-order chi connectivity index (χ1) is 8.36. The minimum Gasteiger partial charge on any atom is -0.368 e. The Balaban J connectivity index is 2.66. The lowest BCUT2D eigenvalue weighted by atomic mass is 10.0. The summed E-state index contributed by atoms with van der Waals surface area (Å²) in [4.78, 5) is 10.9. The highest BCUT2D eigenvalue weighted by Crippen LogP contribution is 2.16. The van der Waals surface area contributed by atoms with Crippen molar-refractivity contribution in [2.24, 2.45) is 0 Å². The van der Waals surface area contributed by atoms with Crippen LogP contribution in [0.25, 0.3) is 0 Å². The molecule has 0 bridgehead atoms. The maximum atomic E-state index is 4.27. The number of hydrogen-bond donors (Lipinski definition) is 1. The summed E-state index contributed by atoms with van der Waals surface area (Å²) in [6.07, 6.45) is 1.63. The molecule has 1 rings (SSSR count). The molecule has 0 spiro atoms. The monoisotopic (exact) mass is 250 g/mol. The third-order valence-electron chi connectivity index (χ3n) is 3.49. The number of nitrogens with one attached hydrogen (secondary N) is 1. The van der Waals surface area contributed by atoms with Gasteiger partial charge in [-0.3, -0.25) is 4.90 Å². The smallest absolute Gasteiger partial charge is 0.129 e.